The number of rotatable bonds is 13. The van der Waals surface area contributed by atoms with Gasteiger partial charge >= 0.3 is 12.6 Å². The molecule has 35 heavy (non-hydrogen) atoms. The van der Waals surface area contributed by atoms with E-state index in [1.165, 1.54) is 44.0 Å². The molecule has 0 radical (unpaired) electrons. The van der Waals surface area contributed by atoms with Crippen molar-refractivity contribution in [3.05, 3.63) is 59.7 Å². The third-order valence-corrected chi connectivity index (χ3v) is 5.22. The molecule has 0 saturated heterocycles. The number of carbonyl (C=O) groups excluding carboxylic acids is 3. The summed E-state index contributed by atoms with van der Waals surface area (Å²) in [4.78, 5) is 36.5. The first-order valence-corrected chi connectivity index (χ1v) is 11.3. The fourth-order valence-electron chi connectivity index (χ4n) is 3.19. The molecule has 2 aromatic rings. The summed E-state index contributed by atoms with van der Waals surface area (Å²) in [6, 6.07) is 11.5. The second kappa shape index (κ2) is 12.7. The first kappa shape index (κ1) is 25.9. The highest BCUT2D eigenvalue weighted by molar-refractivity contribution is 5.97. The van der Waals surface area contributed by atoms with Crippen molar-refractivity contribution in [3.8, 4) is 11.5 Å². The standard InChI is InChI=1S/C25H28F2N2O6/c1-16(30)33-13-12-28-24(32)22(14-17-4-8-21(9-5-17)35-25(26)27)29-23(31)19-6-10-20(11-7-19)34-15-18-2-3-18/h4-11,18,22,25H,2-3,12-15H2,1H3,(H,28,32)(H,29,31)/t22-/m0/s1. The molecule has 10 heteroatoms. The molecule has 2 N–H and O–H groups in total. The molecule has 1 aliphatic carbocycles. The molecule has 1 saturated carbocycles. The Morgan fingerprint density at radius 2 is 1.66 bits per heavy atom. The lowest BCUT2D eigenvalue weighted by Gasteiger charge is -2.19. The van der Waals surface area contributed by atoms with E-state index in [9.17, 15) is 23.2 Å². The highest BCUT2D eigenvalue weighted by Gasteiger charge is 2.23. The summed E-state index contributed by atoms with van der Waals surface area (Å²) in [7, 11) is 0. The van der Waals surface area contributed by atoms with E-state index in [2.05, 4.69) is 15.4 Å². The number of amides is 2. The van der Waals surface area contributed by atoms with E-state index < -0.39 is 30.4 Å². The maximum Gasteiger partial charge on any atom is 0.387 e. The first-order valence-electron chi connectivity index (χ1n) is 11.3. The molecular weight excluding hydrogens is 462 g/mol. The van der Waals surface area contributed by atoms with Gasteiger partial charge in [-0.1, -0.05) is 12.1 Å². The van der Waals surface area contributed by atoms with Crippen LogP contribution in [0.4, 0.5) is 8.78 Å². The van der Waals surface area contributed by atoms with Gasteiger partial charge in [0.15, 0.2) is 0 Å². The van der Waals surface area contributed by atoms with Crippen LogP contribution in [0.15, 0.2) is 48.5 Å². The van der Waals surface area contributed by atoms with E-state index in [0.29, 0.717) is 29.4 Å². The molecule has 0 aromatic heterocycles. The third kappa shape index (κ3) is 9.23. The number of ether oxygens (including phenoxy) is 3. The van der Waals surface area contributed by atoms with Crippen molar-refractivity contribution in [3.63, 3.8) is 0 Å². The summed E-state index contributed by atoms with van der Waals surface area (Å²) < 4.78 is 39.6. The van der Waals surface area contributed by atoms with Crippen LogP contribution in [0.5, 0.6) is 11.5 Å². The predicted molar refractivity (Wildman–Crippen MR) is 122 cm³/mol. The lowest BCUT2D eigenvalue weighted by molar-refractivity contribution is -0.141. The van der Waals surface area contributed by atoms with Crippen molar-refractivity contribution < 1.29 is 37.4 Å². The molecule has 0 heterocycles. The van der Waals surface area contributed by atoms with Crippen LogP contribution in [0.1, 0.15) is 35.7 Å². The van der Waals surface area contributed by atoms with Crippen molar-refractivity contribution in [2.75, 3.05) is 19.8 Å². The van der Waals surface area contributed by atoms with Crippen LogP contribution in [0.25, 0.3) is 0 Å². The number of benzene rings is 2. The fourth-order valence-corrected chi connectivity index (χ4v) is 3.19. The summed E-state index contributed by atoms with van der Waals surface area (Å²) in [5.74, 6) is -0.160. The van der Waals surface area contributed by atoms with Crippen LogP contribution in [0.2, 0.25) is 0 Å². The molecule has 0 bridgehead atoms. The van der Waals surface area contributed by atoms with Gasteiger partial charge in [0, 0.05) is 18.9 Å². The summed E-state index contributed by atoms with van der Waals surface area (Å²) in [6.07, 6.45) is 2.45. The first-order chi connectivity index (χ1) is 16.8. The number of esters is 1. The number of alkyl halides is 2. The topological polar surface area (TPSA) is 103 Å². The fraction of sp³-hybridized carbons (Fsp3) is 0.400. The summed E-state index contributed by atoms with van der Waals surface area (Å²) in [6.45, 7) is -0.971. The Kier molecular flexibility index (Phi) is 9.39. The summed E-state index contributed by atoms with van der Waals surface area (Å²) in [5.41, 5.74) is 0.970. The third-order valence-electron chi connectivity index (χ3n) is 5.22. The van der Waals surface area contributed by atoms with Gasteiger partial charge in [-0.25, -0.2) is 0 Å². The van der Waals surface area contributed by atoms with Gasteiger partial charge in [-0.05, 0) is 60.7 Å². The van der Waals surface area contributed by atoms with Crippen LogP contribution in [-0.4, -0.2) is 50.2 Å². The van der Waals surface area contributed by atoms with Gasteiger partial charge in [0.1, 0.15) is 24.1 Å². The Morgan fingerprint density at radius 3 is 2.26 bits per heavy atom. The second-order valence-electron chi connectivity index (χ2n) is 8.16. The molecule has 0 aliphatic heterocycles. The Labute approximate surface area is 201 Å². The van der Waals surface area contributed by atoms with E-state index in [4.69, 9.17) is 9.47 Å². The number of hydrogen-bond donors (Lipinski definition) is 2. The van der Waals surface area contributed by atoms with Crippen LogP contribution in [0, 0.1) is 5.92 Å². The average molecular weight is 491 g/mol. The van der Waals surface area contributed by atoms with Gasteiger partial charge in [0.25, 0.3) is 5.91 Å². The Hall–Kier alpha value is -3.69. The van der Waals surface area contributed by atoms with E-state index in [1.54, 1.807) is 24.3 Å². The van der Waals surface area contributed by atoms with Gasteiger partial charge in [-0.2, -0.15) is 8.78 Å². The molecule has 1 atom stereocenters. The maximum atomic E-state index is 12.8. The van der Waals surface area contributed by atoms with Crippen molar-refractivity contribution in [2.45, 2.75) is 38.8 Å². The maximum absolute atomic E-state index is 12.8. The molecule has 2 amide bonds. The van der Waals surface area contributed by atoms with Crippen LogP contribution in [0.3, 0.4) is 0 Å². The zero-order valence-electron chi connectivity index (χ0n) is 19.3. The number of hydrogen-bond acceptors (Lipinski definition) is 6. The van der Waals surface area contributed by atoms with Crippen LogP contribution >= 0.6 is 0 Å². The Morgan fingerprint density at radius 1 is 1.00 bits per heavy atom. The van der Waals surface area contributed by atoms with Crippen molar-refractivity contribution in [1.29, 1.82) is 0 Å². The van der Waals surface area contributed by atoms with Gasteiger partial charge in [0.05, 0.1) is 13.2 Å². The zero-order valence-corrected chi connectivity index (χ0v) is 19.3. The summed E-state index contributed by atoms with van der Waals surface area (Å²) >= 11 is 0. The number of nitrogens with one attached hydrogen (secondary N) is 2. The predicted octanol–water partition coefficient (Wildman–Crippen LogP) is 3.10. The second-order valence-corrected chi connectivity index (χ2v) is 8.16. The van der Waals surface area contributed by atoms with Crippen LogP contribution in [-0.2, 0) is 20.7 Å². The minimum atomic E-state index is -2.94. The van der Waals surface area contributed by atoms with Gasteiger partial charge in [0.2, 0.25) is 5.91 Å². The number of halogens is 2. The van der Waals surface area contributed by atoms with Crippen LogP contribution < -0.4 is 20.1 Å². The van der Waals surface area contributed by atoms with E-state index in [-0.39, 0.29) is 25.3 Å². The highest BCUT2D eigenvalue weighted by atomic mass is 19.3. The molecule has 188 valence electrons. The lowest BCUT2D eigenvalue weighted by Crippen LogP contribution is -2.48. The monoisotopic (exact) mass is 490 g/mol. The smallest absolute Gasteiger partial charge is 0.387 e. The molecule has 1 aliphatic rings. The van der Waals surface area contributed by atoms with E-state index >= 15 is 0 Å². The summed E-state index contributed by atoms with van der Waals surface area (Å²) in [5, 5.41) is 5.33. The Bertz CT molecular complexity index is 994. The quantitative estimate of drug-likeness (QED) is 0.331. The molecule has 0 unspecified atom stereocenters. The highest BCUT2D eigenvalue weighted by Crippen LogP contribution is 2.29. The van der Waals surface area contributed by atoms with Gasteiger partial charge in [-0.3, -0.25) is 14.4 Å². The van der Waals surface area contributed by atoms with Gasteiger partial charge in [-0.15, -0.1) is 0 Å². The van der Waals surface area contributed by atoms with E-state index in [1.807, 2.05) is 0 Å². The molecule has 8 nitrogen and oxygen atoms in total. The molecule has 2 aromatic carbocycles. The minimum Gasteiger partial charge on any atom is -0.493 e. The molecule has 1 fully saturated rings. The molecular formula is C25H28F2N2O6. The van der Waals surface area contributed by atoms with Crippen molar-refractivity contribution in [1.82, 2.24) is 10.6 Å². The normalized spacial score (nSPS) is 13.6. The SMILES string of the molecule is CC(=O)OCCNC(=O)[C@H](Cc1ccc(OC(F)F)cc1)NC(=O)c1ccc(OCC2CC2)cc1. The van der Waals surface area contributed by atoms with Crippen molar-refractivity contribution in [2.24, 2.45) is 5.92 Å². The van der Waals surface area contributed by atoms with Gasteiger partial charge < -0.3 is 24.8 Å². The Balaban J connectivity index is 1.63. The van der Waals surface area contributed by atoms with E-state index in [0.717, 1.165) is 0 Å². The van der Waals surface area contributed by atoms with Crippen molar-refractivity contribution >= 4 is 17.8 Å². The minimum absolute atomic E-state index is 0.0102. The average Bonchev–Trinajstić information content (AvgIpc) is 3.65. The molecule has 3 rings (SSSR count). The largest absolute Gasteiger partial charge is 0.493 e. The number of carbonyl (C=O) groups is 3. The molecule has 0 spiro atoms. The lowest BCUT2D eigenvalue weighted by atomic mass is 10.0. The zero-order chi connectivity index (χ0) is 25.2.